The number of β-lactam (4-membered cyclic amide) rings is 1. The first-order chi connectivity index (χ1) is 19.0. The van der Waals surface area contributed by atoms with Gasteiger partial charge in [-0.05, 0) is 30.7 Å². The molecule has 0 spiro atoms. The van der Waals surface area contributed by atoms with Crippen LogP contribution in [0.25, 0.3) is 0 Å². The Kier molecular flexibility index (Phi) is 8.55. The number of carbonyl (C=O) groups is 3. The van der Waals surface area contributed by atoms with Gasteiger partial charge >= 0.3 is 16.1 Å². The molecule has 2 aliphatic rings. The van der Waals surface area contributed by atoms with Gasteiger partial charge in [-0.15, -0.1) is 11.8 Å². The molecule has 1 aromatic carbocycles. The predicted octanol–water partition coefficient (Wildman–Crippen LogP) is 0.993. The number of fused-ring (bicyclic) bond motifs is 1. The number of carbonyl (C=O) groups excluding carboxylic acids is 2. The largest absolute Gasteiger partial charge is 0.477 e. The maximum absolute atomic E-state index is 13.0. The summed E-state index contributed by atoms with van der Waals surface area (Å²) >= 11 is 2.00. The van der Waals surface area contributed by atoms with Gasteiger partial charge in [-0.1, -0.05) is 35.5 Å². The Balaban J connectivity index is 1.49. The molecule has 40 heavy (non-hydrogen) atoms. The third-order valence-corrected chi connectivity index (χ3v) is 8.52. The lowest BCUT2D eigenvalue weighted by molar-refractivity contribution is -0.150. The fourth-order valence-corrected chi connectivity index (χ4v) is 6.13. The Morgan fingerprint density at radius 1 is 1.35 bits per heavy atom. The van der Waals surface area contributed by atoms with E-state index in [0.29, 0.717) is 0 Å². The normalized spacial score (nSPS) is 19.2. The number of hydrogen-bond acceptors (Lipinski definition) is 13. The summed E-state index contributed by atoms with van der Waals surface area (Å²) in [5.74, 6) is -2.96. The molecule has 1 saturated heterocycles. The number of oxime groups is 1. The standard InChI is InChI=1S/C23H22N6O8S3/c1-3-9-36-27-15(18-26-23(24)39-28-18)19(30)25-16-20(31)29-17(22(32)33)13(11-38-21(16)29)8-10-37-40(34,35)14-6-4-12(2)5-7-14/h3-8,10,16,21H,1,9,11H2,2H3,(H,25,30)(H,32,33)(H2,24,26,28)/t16?,21-/m1/s1. The molecule has 17 heteroatoms. The fraction of sp³-hybridized carbons (Fsp3) is 0.217. The van der Waals surface area contributed by atoms with Crippen LogP contribution < -0.4 is 11.1 Å². The van der Waals surface area contributed by atoms with E-state index in [4.69, 9.17) is 14.8 Å². The smallest absolute Gasteiger partial charge is 0.352 e. The minimum absolute atomic E-state index is 0.00981. The first-order valence-electron chi connectivity index (χ1n) is 11.3. The number of allylic oxidation sites excluding steroid dienone is 1. The molecule has 0 aliphatic carbocycles. The molecule has 1 aromatic heterocycles. The van der Waals surface area contributed by atoms with Crippen molar-refractivity contribution in [2.45, 2.75) is 23.2 Å². The Morgan fingerprint density at radius 2 is 2.08 bits per heavy atom. The molecule has 2 atom stereocenters. The van der Waals surface area contributed by atoms with Crippen molar-refractivity contribution in [2.24, 2.45) is 5.16 Å². The van der Waals surface area contributed by atoms with Crippen LogP contribution in [0.15, 0.2) is 70.6 Å². The fourth-order valence-electron chi connectivity index (χ4n) is 3.59. The predicted molar refractivity (Wildman–Crippen MR) is 145 cm³/mol. The average molecular weight is 607 g/mol. The van der Waals surface area contributed by atoms with Gasteiger partial charge in [0.15, 0.2) is 5.13 Å². The number of aliphatic carboxylic acids is 1. The summed E-state index contributed by atoms with van der Waals surface area (Å²) in [5.41, 5.74) is 5.92. The molecular formula is C23H22N6O8S3. The van der Waals surface area contributed by atoms with Gasteiger partial charge in [0.05, 0.1) is 0 Å². The summed E-state index contributed by atoms with van der Waals surface area (Å²) < 4.78 is 33.7. The third kappa shape index (κ3) is 6.00. The van der Waals surface area contributed by atoms with Crippen molar-refractivity contribution in [3.63, 3.8) is 0 Å². The number of carboxylic acids is 1. The van der Waals surface area contributed by atoms with Crippen molar-refractivity contribution >= 4 is 62.0 Å². The van der Waals surface area contributed by atoms with E-state index in [1.54, 1.807) is 19.1 Å². The van der Waals surface area contributed by atoms with Crippen LogP contribution in [0.5, 0.6) is 0 Å². The van der Waals surface area contributed by atoms with Crippen molar-refractivity contribution in [1.29, 1.82) is 0 Å². The van der Waals surface area contributed by atoms with E-state index in [1.807, 2.05) is 0 Å². The van der Waals surface area contributed by atoms with E-state index in [9.17, 15) is 27.9 Å². The van der Waals surface area contributed by atoms with E-state index in [0.717, 1.165) is 40.0 Å². The molecule has 2 aromatic rings. The topological polar surface area (TPSA) is 203 Å². The summed E-state index contributed by atoms with van der Waals surface area (Å²) in [4.78, 5) is 47.9. The highest BCUT2D eigenvalue weighted by molar-refractivity contribution is 8.00. The van der Waals surface area contributed by atoms with Gasteiger partial charge in [-0.25, -0.2) is 4.79 Å². The van der Waals surface area contributed by atoms with Crippen LogP contribution in [0.1, 0.15) is 11.4 Å². The van der Waals surface area contributed by atoms with Gasteiger partial charge in [0.1, 0.15) is 34.9 Å². The zero-order valence-electron chi connectivity index (χ0n) is 20.7. The van der Waals surface area contributed by atoms with Gasteiger partial charge in [0, 0.05) is 17.3 Å². The second-order valence-electron chi connectivity index (χ2n) is 8.19. The molecule has 1 unspecified atom stereocenters. The zero-order chi connectivity index (χ0) is 29.0. The molecule has 1 fully saturated rings. The van der Waals surface area contributed by atoms with E-state index in [1.165, 1.54) is 24.3 Å². The molecule has 2 amide bonds. The summed E-state index contributed by atoms with van der Waals surface area (Å²) in [7, 11) is -4.13. The number of hydrogen-bond donors (Lipinski definition) is 3. The molecule has 0 bridgehead atoms. The Labute approximate surface area is 236 Å². The van der Waals surface area contributed by atoms with E-state index in [-0.39, 0.29) is 45.2 Å². The zero-order valence-corrected chi connectivity index (χ0v) is 23.2. The number of nitrogens with two attached hydrogens (primary N) is 1. The molecule has 0 radical (unpaired) electrons. The minimum Gasteiger partial charge on any atom is -0.477 e. The number of nitrogens with zero attached hydrogens (tertiary/aromatic N) is 4. The Hall–Kier alpha value is -4.22. The van der Waals surface area contributed by atoms with Gasteiger partial charge in [0.25, 0.3) is 11.8 Å². The molecule has 210 valence electrons. The van der Waals surface area contributed by atoms with Crippen LogP contribution in [-0.2, 0) is 33.5 Å². The number of benzene rings is 1. The Morgan fingerprint density at radius 3 is 2.70 bits per heavy atom. The highest BCUT2D eigenvalue weighted by Gasteiger charge is 2.54. The second-order valence-corrected chi connectivity index (χ2v) is 11.6. The number of thioether (sulfide) groups is 1. The third-order valence-electron chi connectivity index (χ3n) is 5.46. The lowest BCUT2D eigenvalue weighted by Crippen LogP contribution is -2.71. The van der Waals surface area contributed by atoms with Crippen LogP contribution in [-0.4, -0.2) is 75.1 Å². The van der Waals surface area contributed by atoms with Crippen LogP contribution in [0.2, 0.25) is 0 Å². The van der Waals surface area contributed by atoms with E-state index in [2.05, 4.69) is 26.4 Å². The van der Waals surface area contributed by atoms with Gasteiger partial charge < -0.3 is 25.2 Å². The summed E-state index contributed by atoms with van der Waals surface area (Å²) in [6.45, 7) is 5.28. The summed E-state index contributed by atoms with van der Waals surface area (Å²) in [6.07, 6.45) is 3.44. The first kappa shape index (κ1) is 28.8. The first-order valence-corrected chi connectivity index (χ1v) is 14.6. The molecule has 0 saturated carbocycles. The van der Waals surface area contributed by atoms with Gasteiger partial charge in [0.2, 0.25) is 11.5 Å². The Bertz CT molecular complexity index is 1550. The van der Waals surface area contributed by atoms with E-state index < -0.39 is 39.3 Å². The molecular weight excluding hydrogens is 584 g/mol. The van der Waals surface area contributed by atoms with Crippen LogP contribution in [0.4, 0.5) is 5.13 Å². The maximum Gasteiger partial charge on any atom is 0.352 e. The SMILES string of the molecule is C=CCON=C(C(=O)NC1C(=O)N2C(C(=O)O)=C(C=COS(=O)(=O)c3ccc(C)cc3)CS[C@H]12)c1nsc(N)n1. The van der Waals surface area contributed by atoms with Crippen molar-refractivity contribution in [2.75, 3.05) is 18.1 Å². The number of carboxylic acid groups (broad SMARTS) is 1. The van der Waals surface area contributed by atoms with Gasteiger partial charge in [-0.2, -0.15) is 17.8 Å². The number of aryl methyl sites for hydroxylation is 1. The van der Waals surface area contributed by atoms with Crippen LogP contribution >= 0.6 is 23.3 Å². The number of nitrogens with one attached hydrogen (secondary N) is 1. The highest BCUT2D eigenvalue weighted by atomic mass is 32.2. The monoisotopic (exact) mass is 606 g/mol. The van der Waals surface area contributed by atoms with Crippen molar-refractivity contribution < 1.29 is 36.9 Å². The maximum atomic E-state index is 13.0. The number of anilines is 1. The molecule has 4 N–H and O–H groups in total. The number of nitrogen functional groups attached to an aromatic ring is 1. The van der Waals surface area contributed by atoms with E-state index >= 15 is 0 Å². The van der Waals surface area contributed by atoms with Gasteiger partial charge in [-0.3, -0.25) is 14.5 Å². The second kappa shape index (κ2) is 11.9. The molecule has 3 heterocycles. The van der Waals surface area contributed by atoms with Crippen LogP contribution in [0, 0.1) is 6.92 Å². The summed E-state index contributed by atoms with van der Waals surface area (Å²) in [6, 6.07) is 4.90. The lowest BCUT2D eigenvalue weighted by Gasteiger charge is -2.49. The van der Waals surface area contributed by atoms with Crippen molar-refractivity contribution in [3.8, 4) is 0 Å². The van der Waals surface area contributed by atoms with Crippen molar-refractivity contribution in [3.05, 3.63) is 71.9 Å². The lowest BCUT2D eigenvalue weighted by atomic mass is 10.0. The average Bonchev–Trinajstić information content (AvgIpc) is 3.34. The molecule has 4 rings (SSSR count). The number of amides is 2. The minimum atomic E-state index is -4.13. The van der Waals surface area contributed by atoms with Crippen molar-refractivity contribution in [1.82, 2.24) is 19.6 Å². The summed E-state index contributed by atoms with van der Waals surface area (Å²) in [5, 5.41) is 15.4. The quantitative estimate of drug-likeness (QED) is 0.0623. The molecule has 14 nitrogen and oxygen atoms in total. The number of aromatic nitrogens is 2. The number of rotatable bonds is 11. The molecule has 2 aliphatic heterocycles. The highest BCUT2D eigenvalue weighted by Crippen LogP contribution is 2.40. The van der Waals surface area contributed by atoms with Crippen LogP contribution in [0.3, 0.4) is 0 Å².